The Morgan fingerprint density at radius 1 is 0.369 bits per heavy atom. The van der Waals surface area contributed by atoms with Gasteiger partial charge in [0.05, 0.1) is 22.7 Å². The molecule has 4 nitrogen and oxygen atoms in total. The molecule has 2 aromatic heterocycles. The summed E-state index contributed by atoms with van der Waals surface area (Å²) in [5.41, 5.74) is 17.6. The van der Waals surface area contributed by atoms with Crippen molar-refractivity contribution < 1.29 is 8.83 Å². The second-order valence-corrected chi connectivity index (χ2v) is 18.0. The average Bonchev–Trinajstić information content (AvgIpc) is 3.92. The van der Waals surface area contributed by atoms with Crippen molar-refractivity contribution in [3.05, 3.63) is 191 Å². The number of fused-ring (bicyclic) bond motifs is 6. The maximum Gasteiger partial charge on any atom is 0.159 e. The van der Waals surface area contributed by atoms with E-state index in [1.165, 1.54) is 65.7 Å². The Hall–Kier alpha value is -7.56. The van der Waals surface area contributed by atoms with Gasteiger partial charge >= 0.3 is 0 Å². The van der Waals surface area contributed by atoms with Crippen LogP contribution in [0, 0.1) is 27.7 Å². The first-order valence-corrected chi connectivity index (χ1v) is 23.1. The maximum absolute atomic E-state index is 7.02. The molecule has 0 saturated carbocycles. The fourth-order valence-electron chi connectivity index (χ4n) is 10.5. The Balaban J connectivity index is 1.13. The molecule has 0 amide bonds. The number of hydrogen-bond donors (Lipinski definition) is 0. The SMILES string of the molecule is CCCc1cccc2c1oc1c(N(c3ccc(C)c(C)c3)c3ccc4ccc5c(N(c6ccc(C)c(C)c6)c6cccc7c6oc6c(CC)cccc67)ccc6ccc3c4c65)cccc12. The quantitative estimate of drug-likeness (QED) is 0.136. The van der Waals surface area contributed by atoms with Gasteiger partial charge in [0.25, 0.3) is 0 Å². The highest BCUT2D eigenvalue weighted by molar-refractivity contribution is 6.29. The summed E-state index contributed by atoms with van der Waals surface area (Å²) < 4.78 is 14.0. The van der Waals surface area contributed by atoms with E-state index in [0.29, 0.717) is 0 Å². The Bertz CT molecular complexity index is 3850. The molecule has 316 valence electrons. The molecule has 10 aromatic carbocycles. The van der Waals surface area contributed by atoms with Gasteiger partial charge in [0.2, 0.25) is 0 Å². The van der Waals surface area contributed by atoms with Gasteiger partial charge in [-0.3, -0.25) is 0 Å². The van der Waals surface area contributed by atoms with Crippen LogP contribution < -0.4 is 9.80 Å². The van der Waals surface area contributed by atoms with Gasteiger partial charge in [-0.25, -0.2) is 0 Å². The number of rotatable bonds is 9. The van der Waals surface area contributed by atoms with E-state index >= 15 is 0 Å². The lowest BCUT2D eigenvalue weighted by Gasteiger charge is -2.29. The van der Waals surface area contributed by atoms with Crippen LogP contribution in [0.3, 0.4) is 0 Å². The fraction of sp³-hybridized carbons (Fsp3) is 0.148. The highest BCUT2D eigenvalue weighted by Crippen LogP contribution is 2.51. The topological polar surface area (TPSA) is 32.8 Å². The lowest BCUT2D eigenvalue weighted by atomic mass is 9.91. The fourth-order valence-corrected chi connectivity index (χ4v) is 10.5. The Labute approximate surface area is 379 Å². The van der Waals surface area contributed by atoms with Gasteiger partial charge in [0, 0.05) is 43.7 Å². The number of benzene rings is 10. The molecule has 4 heteroatoms. The molecule has 0 unspecified atom stereocenters. The molecule has 0 atom stereocenters. The van der Waals surface area contributed by atoms with E-state index in [2.05, 4.69) is 209 Å². The normalized spacial score (nSPS) is 12.0. The van der Waals surface area contributed by atoms with Crippen molar-refractivity contribution in [3.8, 4) is 0 Å². The lowest BCUT2D eigenvalue weighted by molar-refractivity contribution is 0.661. The molecular weight excluding hydrogens is 793 g/mol. The molecule has 65 heavy (non-hydrogen) atoms. The number of nitrogens with zero attached hydrogens (tertiary/aromatic N) is 2. The minimum atomic E-state index is 0.889. The molecule has 0 aliphatic heterocycles. The van der Waals surface area contributed by atoms with Crippen LogP contribution in [0.5, 0.6) is 0 Å². The van der Waals surface area contributed by atoms with Gasteiger partial charge in [-0.15, -0.1) is 0 Å². The molecule has 0 N–H and O–H groups in total. The van der Waals surface area contributed by atoms with E-state index in [9.17, 15) is 0 Å². The maximum atomic E-state index is 7.02. The summed E-state index contributed by atoms with van der Waals surface area (Å²) in [6, 6.07) is 58.4. The summed E-state index contributed by atoms with van der Waals surface area (Å²) in [5.74, 6) is 0. The van der Waals surface area contributed by atoms with Crippen LogP contribution in [0.25, 0.3) is 76.2 Å². The van der Waals surface area contributed by atoms with Gasteiger partial charge in [-0.1, -0.05) is 129 Å². The molecule has 0 spiro atoms. The Morgan fingerprint density at radius 2 is 0.800 bits per heavy atom. The van der Waals surface area contributed by atoms with Crippen LogP contribution in [-0.4, -0.2) is 0 Å². The van der Waals surface area contributed by atoms with Crippen molar-refractivity contribution in [2.24, 2.45) is 0 Å². The molecule has 0 radical (unpaired) electrons. The zero-order chi connectivity index (χ0) is 44.1. The zero-order valence-corrected chi connectivity index (χ0v) is 37.8. The standard InChI is InChI=1S/C61H50N2O2/c1-7-13-43-15-10-17-47-49-19-12-21-55(61(49)65-59(43)47)63(45-29-23-37(4)39(6)35-45)53-33-27-42-24-30-50-52(32-26-41-25-31-51(53)57(42)56(41)50)62(44-28-22-36(3)38(5)34-44)54-20-11-18-48-46-16-9-14-40(8-2)58(46)64-60(48)54/h9-12,14-35H,7-8,13H2,1-6H3. The van der Waals surface area contributed by atoms with Gasteiger partial charge in [-0.05, 0) is 144 Å². The number of para-hydroxylation sites is 4. The minimum absolute atomic E-state index is 0.889. The summed E-state index contributed by atoms with van der Waals surface area (Å²) in [7, 11) is 0. The van der Waals surface area contributed by atoms with Crippen molar-refractivity contribution in [1.29, 1.82) is 0 Å². The molecule has 0 aliphatic carbocycles. The van der Waals surface area contributed by atoms with Crippen molar-refractivity contribution in [3.63, 3.8) is 0 Å². The first-order valence-electron chi connectivity index (χ1n) is 23.1. The number of furan rings is 2. The van der Waals surface area contributed by atoms with Crippen LogP contribution in [0.2, 0.25) is 0 Å². The number of aryl methyl sites for hydroxylation is 6. The predicted molar refractivity (Wildman–Crippen MR) is 276 cm³/mol. The van der Waals surface area contributed by atoms with Crippen LogP contribution in [0.1, 0.15) is 53.6 Å². The Morgan fingerprint density at radius 3 is 1.26 bits per heavy atom. The molecule has 12 rings (SSSR count). The van der Waals surface area contributed by atoms with Gasteiger partial charge in [0.1, 0.15) is 11.2 Å². The second-order valence-electron chi connectivity index (χ2n) is 18.0. The molecule has 0 fully saturated rings. The first kappa shape index (κ1) is 39.1. The van der Waals surface area contributed by atoms with Gasteiger partial charge < -0.3 is 18.6 Å². The predicted octanol–water partition coefficient (Wildman–Crippen LogP) is 18.1. The first-order chi connectivity index (χ1) is 31.8. The second kappa shape index (κ2) is 15.0. The molecule has 0 aliphatic rings. The minimum Gasteiger partial charge on any atom is -0.454 e. The molecule has 0 bridgehead atoms. The highest BCUT2D eigenvalue weighted by atomic mass is 16.3. The van der Waals surface area contributed by atoms with Crippen LogP contribution in [-0.2, 0) is 12.8 Å². The van der Waals surface area contributed by atoms with E-state index in [-0.39, 0.29) is 0 Å². The largest absolute Gasteiger partial charge is 0.454 e. The highest BCUT2D eigenvalue weighted by Gasteiger charge is 2.26. The third kappa shape index (κ3) is 5.97. The van der Waals surface area contributed by atoms with Crippen molar-refractivity contribution in [2.45, 2.75) is 60.8 Å². The summed E-state index contributed by atoms with van der Waals surface area (Å²) >= 11 is 0. The van der Waals surface area contributed by atoms with Crippen LogP contribution in [0.15, 0.2) is 167 Å². The zero-order valence-electron chi connectivity index (χ0n) is 37.8. The van der Waals surface area contributed by atoms with Crippen LogP contribution in [0.4, 0.5) is 34.1 Å². The summed E-state index contributed by atoms with van der Waals surface area (Å²) in [4.78, 5) is 4.85. The smallest absolute Gasteiger partial charge is 0.159 e. The van der Waals surface area contributed by atoms with Crippen molar-refractivity contribution in [2.75, 3.05) is 9.80 Å². The Kier molecular flexibility index (Phi) is 9.03. The van der Waals surface area contributed by atoms with Crippen LogP contribution >= 0.6 is 0 Å². The third-order valence-electron chi connectivity index (χ3n) is 14.2. The molecular formula is C61H50N2O2. The summed E-state index contributed by atoms with van der Waals surface area (Å²) in [6.45, 7) is 13.2. The average molecular weight is 843 g/mol. The lowest BCUT2D eigenvalue weighted by Crippen LogP contribution is -2.12. The van der Waals surface area contributed by atoms with Crippen molar-refractivity contribution in [1.82, 2.24) is 0 Å². The third-order valence-corrected chi connectivity index (χ3v) is 14.2. The molecule has 2 heterocycles. The van der Waals surface area contributed by atoms with E-state index < -0.39 is 0 Å². The number of anilines is 6. The summed E-state index contributed by atoms with van der Waals surface area (Å²) in [5, 5.41) is 11.8. The van der Waals surface area contributed by atoms with Gasteiger partial charge in [-0.2, -0.15) is 0 Å². The number of hydrogen-bond acceptors (Lipinski definition) is 4. The van der Waals surface area contributed by atoms with Gasteiger partial charge in [0.15, 0.2) is 11.2 Å². The van der Waals surface area contributed by atoms with Crippen molar-refractivity contribution >= 4 is 110 Å². The van der Waals surface area contributed by atoms with E-state index in [4.69, 9.17) is 8.83 Å². The monoisotopic (exact) mass is 842 g/mol. The molecule has 12 aromatic rings. The summed E-state index contributed by atoms with van der Waals surface area (Å²) in [6.07, 6.45) is 2.93. The molecule has 0 saturated heterocycles. The van der Waals surface area contributed by atoms with E-state index in [1.807, 2.05) is 0 Å². The van der Waals surface area contributed by atoms with E-state index in [0.717, 1.165) is 97.3 Å². The van der Waals surface area contributed by atoms with E-state index in [1.54, 1.807) is 0 Å².